The summed E-state index contributed by atoms with van der Waals surface area (Å²) in [4.78, 5) is 0. The van der Waals surface area contributed by atoms with Crippen LogP contribution in [0.1, 0.15) is 11.1 Å². The molecule has 0 aliphatic rings. The number of hydrogen-bond acceptors (Lipinski definition) is 2. The summed E-state index contributed by atoms with van der Waals surface area (Å²) >= 11 is 4.83. The molecule has 2 aromatic rings. The van der Waals surface area contributed by atoms with Gasteiger partial charge in [0.05, 0.1) is 17.5 Å². The standard InChI is InChI=1S/C15H10F5N3S/c16-10-6-5-9(12(17)7-10)8-21-23-14(24)22-13-4-2-1-3-11(13)15(18,19)20/h1-8H,(H2,22,23,24)/b21-8+. The second-order valence-electron chi connectivity index (χ2n) is 4.53. The van der Waals surface area contributed by atoms with Gasteiger partial charge in [-0.05, 0) is 36.5 Å². The number of nitrogens with one attached hydrogen (secondary N) is 2. The molecule has 0 unspecified atom stereocenters. The number of halogens is 5. The van der Waals surface area contributed by atoms with Gasteiger partial charge < -0.3 is 5.32 Å². The van der Waals surface area contributed by atoms with Crippen molar-refractivity contribution in [3.63, 3.8) is 0 Å². The Morgan fingerprint density at radius 2 is 1.79 bits per heavy atom. The van der Waals surface area contributed by atoms with Crippen LogP contribution in [0.3, 0.4) is 0 Å². The molecule has 0 amide bonds. The molecular weight excluding hydrogens is 349 g/mol. The van der Waals surface area contributed by atoms with Crippen LogP contribution >= 0.6 is 12.2 Å². The molecule has 2 rings (SSSR count). The van der Waals surface area contributed by atoms with Gasteiger partial charge in [0, 0.05) is 11.6 Å². The second-order valence-corrected chi connectivity index (χ2v) is 4.94. The van der Waals surface area contributed by atoms with Crippen molar-refractivity contribution in [2.45, 2.75) is 6.18 Å². The van der Waals surface area contributed by atoms with Crippen molar-refractivity contribution in [1.29, 1.82) is 0 Å². The fourth-order valence-electron chi connectivity index (χ4n) is 1.76. The molecule has 0 saturated heterocycles. The normalized spacial score (nSPS) is 11.5. The van der Waals surface area contributed by atoms with E-state index in [2.05, 4.69) is 15.8 Å². The van der Waals surface area contributed by atoms with Crippen molar-refractivity contribution in [2.24, 2.45) is 5.10 Å². The van der Waals surface area contributed by atoms with Gasteiger partial charge in [-0.3, -0.25) is 5.43 Å². The number of nitrogens with zero attached hydrogens (tertiary/aromatic N) is 1. The van der Waals surface area contributed by atoms with Crippen molar-refractivity contribution in [1.82, 2.24) is 5.43 Å². The molecule has 0 radical (unpaired) electrons. The van der Waals surface area contributed by atoms with Gasteiger partial charge in [0.1, 0.15) is 11.6 Å². The summed E-state index contributed by atoms with van der Waals surface area (Å²) in [5.41, 5.74) is 1.12. The highest BCUT2D eigenvalue weighted by atomic mass is 32.1. The minimum absolute atomic E-state index is 0.0117. The van der Waals surface area contributed by atoms with E-state index in [9.17, 15) is 22.0 Å². The van der Waals surface area contributed by atoms with E-state index in [1.165, 1.54) is 18.2 Å². The first kappa shape index (κ1) is 17.8. The minimum atomic E-state index is -4.54. The summed E-state index contributed by atoms with van der Waals surface area (Å²) < 4.78 is 64.7. The first-order valence-corrected chi connectivity index (χ1v) is 6.89. The van der Waals surface area contributed by atoms with Crippen molar-refractivity contribution in [2.75, 3.05) is 5.32 Å². The smallest absolute Gasteiger partial charge is 0.331 e. The molecule has 0 bridgehead atoms. The van der Waals surface area contributed by atoms with Crippen LogP contribution in [0.25, 0.3) is 0 Å². The maximum absolute atomic E-state index is 13.4. The topological polar surface area (TPSA) is 36.4 Å². The van der Waals surface area contributed by atoms with Gasteiger partial charge >= 0.3 is 6.18 Å². The monoisotopic (exact) mass is 359 g/mol. The fourth-order valence-corrected chi connectivity index (χ4v) is 1.92. The Hall–Kier alpha value is -2.55. The van der Waals surface area contributed by atoms with Gasteiger partial charge in [-0.2, -0.15) is 18.3 Å². The zero-order valence-electron chi connectivity index (χ0n) is 11.9. The first-order chi connectivity index (χ1) is 11.3. The molecule has 2 aromatic carbocycles. The van der Waals surface area contributed by atoms with E-state index in [4.69, 9.17) is 12.2 Å². The average Bonchev–Trinajstić information content (AvgIpc) is 2.49. The summed E-state index contributed by atoms with van der Waals surface area (Å²) in [6.07, 6.45) is -3.52. The lowest BCUT2D eigenvalue weighted by Crippen LogP contribution is -2.25. The predicted molar refractivity (Wildman–Crippen MR) is 84.8 cm³/mol. The van der Waals surface area contributed by atoms with Crippen LogP contribution in [-0.4, -0.2) is 11.3 Å². The van der Waals surface area contributed by atoms with Crippen LogP contribution in [0, 0.1) is 11.6 Å². The molecule has 0 fully saturated rings. The Morgan fingerprint density at radius 3 is 2.46 bits per heavy atom. The number of rotatable bonds is 3. The van der Waals surface area contributed by atoms with E-state index < -0.39 is 23.4 Å². The summed E-state index contributed by atoms with van der Waals surface area (Å²) in [7, 11) is 0. The largest absolute Gasteiger partial charge is 0.418 e. The summed E-state index contributed by atoms with van der Waals surface area (Å²) in [6, 6.07) is 7.66. The Kier molecular flexibility index (Phi) is 5.45. The Labute approximate surface area is 139 Å². The Morgan fingerprint density at radius 1 is 1.08 bits per heavy atom. The van der Waals surface area contributed by atoms with Crippen LogP contribution in [0.4, 0.5) is 27.6 Å². The number of hydrazone groups is 1. The van der Waals surface area contributed by atoms with Crippen LogP contribution < -0.4 is 10.7 Å². The van der Waals surface area contributed by atoms with Gasteiger partial charge in [-0.15, -0.1) is 0 Å². The molecule has 3 nitrogen and oxygen atoms in total. The molecule has 0 atom stereocenters. The molecule has 0 aromatic heterocycles. The zero-order chi connectivity index (χ0) is 17.7. The van der Waals surface area contributed by atoms with Gasteiger partial charge in [0.2, 0.25) is 0 Å². The third kappa shape index (κ3) is 4.72. The molecule has 0 heterocycles. The number of para-hydroxylation sites is 1. The maximum atomic E-state index is 13.4. The molecule has 0 saturated carbocycles. The lowest BCUT2D eigenvalue weighted by atomic mass is 10.2. The van der Waals surface area contributed by atoms with Crippen LogP contribution in [-0.2, 0) is 6.18 Å². The minimum Gasteiger partial charge on any atom is -0.331 e. The fraction of sp³-hybridized carbons (Fsp3) is 0.0667. The average molecular weight is 359 g/mol. The van der Waals surface area contributed by atoms with Crippen molar-refractivity contribution in [3.05, 3.63) is 65.2 Å². The highest BCUT2D eigenvalue weighted by molar-refractivity contribution is 7.80. The Bertz CT molecular complexity index is 774. The van der Waals surface area contributed by atoms with Crippen molar-refractivity contribution >= 4 is 29.2 Å². The highest BCUT2D eigenvalue weighted by Crippen LogP contribution is 2.34. The zero-order valence-corrected chi connectivity index (χ0v) is 12.7. The number of alkyl halides is 3. The van der Waals surface area contributed by atoms with Gasteiger partial charge in [0.25, 0.3) is 0 Å². The first-order valence-electron chi connectivity index (χ1n) is 6.48. The Balaban J connectivity index is 2.03. The van der Waals surface area contributed by atoms with Gasteiger partial charge in [-0.25, -0.2) is 8.78 Å². The number of thiocarbonyl (C=S) groups is 1. The molecule has 2 N–H and O–H groups in total. The molecule has 0 aliphatic carbocycles. The quantitative estimate of drug-likeness (QED) is 0.371. The van der Waals surface area contributed by atoms with E-state index in [-0.39, 0.29) is 16.4 Å². The summed E-state index contributed by atoms with van der Waals surface area (Å²) in [6.45, 7) is 0. The van der Waals surface area contributed by atoms with Crippen LogP contribution in [0.5, 0.6) is 0 Å². The molecule has 0 aliphatic heterocycles. The number of anilines is 1. The van der Waals surface area contributed by atoms with E-state index in [1.54, 1.807) is 0 Å². The maximum Gasteiger partial charge on any atom is 0.418 e. The highest BCUT2D eigenvalue weighted by Gasteiger charge is 2.33. The molecule has 24 heavy (non-hydrogen) atoms. The van der Waals surface area contributed by atoms with Crippen molar-refractivity contribution in [3.8, 4) is 0 Å². The summed E-state index contributed by atoms with van der Waals surface area (Å²) in [5, 5.41) is 5.74. The predicted octanol–water partition coefficient (Wildman–Crippen LogP) is 4.30. The number of hydrogen-bond donors (Lipinski definition) is 2. The molecular formula is C15H10F5N3S. The van der Waals surface area contributed by atoms with E-state index in [0.717, 1.165) is 24.4 Å². The summed E-state index contributed by atoms with van der Waals surface area (Å²) in [5.74, 6) is -1.57. The van der Waals surface area contributed by atoms with Crippen LogP contribution in [0.15, 0.2) is 47.6 Å². The van der Waals surface area contributed by atoms with Gasteiger partial charge in [0.15, 0.2) is 5.11 Å². The van der Waals surface area contributed by atoms with Gasteiger partial charge in [-0.1, -0.05) is 12.1 Å². The molecule has 126 valence electrons. The van der Waals surface area contributed by atoms with E-state index in [1.807, 2.05) is 0 Å². The SMILES string of the molecule is Fc1ccc(/C=N/NC(=S)Nc2ccccc2C(F)(F)F)c(F)c1. The molecule has 0 spiro atoms. The van der Waals surface area contributed by atoms with E-state index >= 15 is 0 Å². The van der Waals surface area contributed by atoms with E-state index in [0.29, 0.717) is 6.07 Å². The van der Waals surface area contributed by atoms with Crippen molar-refractivity contribution < 1.29 is 22.0 Å². The molecule has 9 heteroatoms. The second kappa shape index (κ2) is 7.35. The van der Waals surface area contributed by atoms with Crippen LogP contribution in [0.2, 0.25) is 0 Å². The number of benzene rings is 2. The lowest BCUT2D eigenvalue weighted by molar-refractivity contribution is -0.136. The lowest BCUT2D eigenvalue weighted by Gasteiger charge is -2.14. The third-order valence-corrected chi connectivity index (χ3v) is 3.01. The third-order valence-electron chi connectivity index (χ3n) is 2.81.